The van der Waals surface area contributed by atoms with Crippen molar-refractivity contribution < 1.29 is 9.00 Å². The summed E-state index contributed by atoms with van der Waals surface area (Å²) >= 11 is 0. The molecule has 0 radical (unpaired) electrons. The molecule has 2 aromatic rings. The number of benzene rings is 1. The highest BCUT2D eigenvalue weighted by Gasteiger charge is 2.13. The minimum absolute atomic E-state index is 0.172. The summed E-state index contributed by atoms with van der Waals surface area (Å²) in [5.74, 6) is 1.02. The topological polar surface area (TPSA) is 76.0 Å². The Morgan fingerprint density at radius 2 is 1.83 bits per heavy atom. The van der Waals surface area contributed by atoms with Crippen LogP contribution in [-0.4, -0.2) is 38.1 Å². The summed E-state index contributed by atoms with van der Waals surface area (Å²) in [7, 11) is -0.954. The third-order valence-electron chi connectivity index (χ3n) is 3.39. The van der Waals surface area contributed by atoms with Gasteiger partial charge in [-0.25, -0.2) is 9.48 Å². The molecule has 0 unspecified atom stereocenters. The van der Waals surface area contributed by atoms with Gasteiger partial charge in [-0.2, -0.15) is 5.10 Å². The van der Waals surface area contributed by atoms with Gasteiger partial charge >= 0.3 is 6.03 Å². The number of rotatable bonds is 5. The molecule has 0 saturated carbocycles. The quantitative estimate of drug-likeness (QED) is 0.872. The first kappa shape index (κ1) is 18.2. The minimum atomic E-state index is -0.954. The Morgan fingerprint density at radius 1 is 1.21 bits per heavy atom. The Hall–Kier alpha value is -2.15. The van der Waals surface area contributed by atoms with Gasteiger partial charge in [-0.05, 0) is 51.0 Å². The fraction of sp³-hybridized carbons (Fsp3) is 0.412. The maximum absolute atomic E-state index is 12.2. The number of carbonyl (C=O) groups excluding carboxylic acids is 1. The largest absolute Gasteiger partial charge is 0.334 e. The van der Waals surface area contributed by atoms with Crippen LogP contribution in [0.4, 0.5) is 10.6 Å². The molecule has 1 aromatic heterocycles. The lowest BCUT2D eigenvalue weighted by molar-refractivity contribution is 0.250. The van der Waals surface area contributed by atoms with E-state index in [1.54, 1.807) is 10.9 Å². The number of nitrogens with zero attached hydrogens (tertiary/aromatic N) is 2. The number of urea groups is 1. The molecule has 0 aliphatic heterocycles. The standard InChI is InChI=1S/C17H24N4O2S/c1-11-6-12(2)8-15(7-11)21-16(9-13(3)20-21)19-17(22)18-14(4)10-24(5)23/h6-9,14H,10H2,1-5H3,(H2,18,19,22)/t14-,24-/m0/s1. The molecule has 0 aliphatic rings. The Kier molecular flexibility index (Phi) is 5.77. The zero-order chi connectivity index (χ0) is 17.9. The highest BCUT2D eigenvalue weighted by molar-refractivity contribution is 7.84. The molecule has 2 amide bonds. The lowest BCUT2D eigenvalue weighted by Crippen LogP contribution is -2.39. The Bertz CT molecular complexity index is 750. The third kappa shape index (κ3) is 4.92. The van der Waals surface area contributed by atoms with Crippen molar-refractivity contribution in [1.29, 1.82) is 0 Å². The van der Waals surface area contributed by atoms with E-state index in [0.717, 1.165) is 22.5 Å². The normalized spacial score (nSPS) is 13.4. The van der Waals surface area contributed by atoms with Gasteiger partial charge in [-0.3, -0.25) is 9.53 Å². The molecule has 0 saturated heterocycles. The molecule has 0 spiro atoms. The van der Waals surface area contributed by atoms with Gasteiger partial charge < -0.3 is 5.32 Å². The minimum Gasteiger partial charge on any atom is -0.334 e. The first-order chi connectivity index (χ1) is 11.2. The predicted molar refractivity (Wildman–Crippen MR) is 98.3 cm³/mol. The molecule has 2 rings (SSSR count). The number of aromatic nitrogens is 2. The number of carbonyl (C=O) groups is 1. The van der Waals surface area contributed by atoms with Gasteiger partial charge in [0.1, 0.15) is 5.82 Å². The maximum atomic E-state index is 12.2. The molecule has 2 atom stereocenters. The molecule has 130 valence electrons. The summed E-state index contributed by atoms with van der Waals surface area (Å²) < 4.78 is 12.9. The summed E-state index contributed by atoms with van der Waals surface area (Å²) in [6.45, 7) is 7.76. The monoisotopic (exact) mass is 348 g/mol. The van der Waals surface area contributed by atoms with Crippen molar-refractivity contribution in [3.8, 4) is 5.69 Å². The van der Waals surface area contributed by atoms with Crippen molar-refractivity contribution in [3.05, 3.63) is 41.1 Å². The van der Waals surface area contributed by atoms with Gasteiger partial charge in [0.25, 0.3) is 0 Å². The van der Waals surface area contributed by atoms with E-state index in [1.165, 1.54) is 0 Å². The second-order valence-corrected chi connectivity index (χ2v) is 7.65. The molecule has 7 heteroatoms. The van der Waals surface area contributed by atoms with Gasteiger partial charge in [0.05, 0.1) is 11.4 Å². The lowest BCUT2D eigenvalue weighted by Gasteiger charge is -2.14. The van der Waals surface area contributed by atoms with Crippen LogP contribution >= 0.6 is 0 Å². The van der Waals surface area contributed by atoms with Crippen LogP contribution in [0.1, 0.15) is 23.7 Å². The average molecular weight is 348 g/mol. The number of amides is 2. The van der Waals surface area contributed by atoms with E-state index in [2.05, 4.69) is 21.8 Å². The first-order valence-corrected chi connectivity index (χ1v) is 9.50. The fourth-order valence-electron chi connectivity index (χ4n) is 2.63. The van der Waals surface area contributed by atoms with Crippen molar-refractivity contribution in [2.24, 2.45) is 0 Å². The van der Waals surface area contributed by atoms with Crippen LogP contribution in [0.15, 0.2) is 24.3 Å². The maximum Gasteiger partial charge on any atom is 0.320 e. The van der Waals surface area contributed by atoms with Crippen molar-refractivity contribution in [2.75, 3.05) is 17.3 Å². The van der Waals surface area contributed by atoms with E-state index in [0.29, 0.717) is 11.6 Å². The summed E-state index contributed by atoms with van der Waals surface area (Å²) in [5, 5.41) is 10.1. The summed E-state index contributed by atoms with van der Waals surface area (Å²) in [6.07, 6.45) is 1.62. The van der Waals surface area contributed by atoms with Crippen LogP contribution in [-0.2, 0) is 10.8 Å². The smallest absolute Gasteiger partial charge is 0.320 e. The number of nitrogens with one attached hydrogen (secondary N) is 2. The van der Waals surface area contributed by atoms with E-state index in [1.807, 2.05) is 45.9 Å². The summed E-state index contributed by atoms with van der Waals surface area (Å²) in [4.78, 5) is 12.2. The molecule has 0 fully saturated rings. The number of anilines is 1. The van der Waals surface area contributed by atoms with Crippen LogP contribution in [0.25, 0.3) is 5.69 Å². The van der Waals surface area contributed by atoms with E-state index in [-0.39, 0.29) is 12.1 Å². The molecule has 1 heterocycles. The molecular weight excluding hydrogens is 324 g/mol. The van der Waals surface area contributed by atoms with E-state index in [9.17, 15) is 9.00 Å². The van der Waals surface area contributed by atoms with Gasteiger partial charge in [-0.15, -0.1) is 0 Å². The van der Waals surface area contributed by atoms with E-state index in [4.69, 9.17) is 0 Å². The summed E-state index contributed by atoms with van der Waals surface area (Å²) in [6, 6.07) is 7.44. The number of aryl methyl sites for hydroxylation is 3. The third-order valence-corrected chi connectivity index (χ3v) is 4.36. The SMILES string of the molecule is Cc1cc(C)cc(-n2nc(C)cc2NC(=O)N[C@@H](C)C[S@](C)=O)c1. The van der Waals surface area contributed by atoms with E-state index < -0.39 is 10.8 Å². The molecule has 6 nitrogen and oxygen atoms in total. The molecular formula is C17H24N4O2S. The highest BCUT2D eigenvalue weighted by atomic mass is 32.2. The van der Waals surface area contributed by atoms with Crippen LogP contribution < -0.4 is 10.6 Å². The fourth-order valence-corrected chi connectivity index (χ4v) is 3.42. The van der Waals surface area contributed by atoms with Crippen molar-refractivity contribution in [2.45, 2.75) is 33.7 Å². The van der Waals surface area contributed by atoms with Gasteiger partial charge in [0.15, 0.2) is 0 Å². The predicted octanol–water partition coefficient (Wildman–Crippen LogP) is 2.69. The lowest BCUT2D eigenvalue weighted by atomic mass is 10.1. The Balaban J connectivity index is 2.20. The second kappa shape index (κ2) is 7.61. The van der Waals surface area contributed by atoms with Crippen LogP contribution in [0.2, 0.25) is 0 Å². The molecule has 24 heavy (non-hydrogen) atoms. The average Bonchev–Trinajstić information content (AvgIpc) is 2.76. The Morgan fingerprint density at radius 3 is 2.42 bits per heavy atom. The van der Waals surface area contributed by atoms with Crippen LogP contribution in [0, 0.1) is 20.8 Å². The Labute approximate surface area is 145 Å². The molecule has 0 aliphatic carbocycles. The van der Waals surface area contributed by atoms with Crippen molar-refractivity contribution in [3.63, 3.8) is 0 Å². The second-order valence-electron chi connectivity index (χ2n) is 6.17. The van der Waals surface area contributed by atoms with Gasteiger partial charge in [-0.1, -0.05) is 6.07 Å². The highest BCUT2D eigenvalue weighted by Crippen LogP contribution is 2.19. The van der Waals surface area contributed by atoms with Crippen molar-refractivity contribution >= 4 is 22.6 Å². The zero-order valence-electron chi connectivity index (χ0n) is 14.7. The van der Waals surface area contributed by atoms with Crippen molar-refractivity contribution in [1.82, 2.24) is 15.1 Å². The number of hydrogen-bond acceptors (Lipinski definition) is 3. The van der Waals surface area contributed by atoms with Gasteiger partial charge in [0, 0.05) is 34.9 Å². The zero-order valence-corrected chi connectivity index (χ0v) is 15.5. The molecule has 0 bridgehead atoms. The van der Waals surface area contributed by atoms with E-state index >= 15 is 0 Å². The molecule has 1 aromatic carbocycles. The van der Waals surface area contributed by atoms with Crippen LogP contribution in [0.5, 0.6) is 0 Å². The first-order valence-electron chi connectivity index (χ1n) is 7.77. The molecule has 2 N–H and O–H groups in total. The van der Waals surface area contributed by atoms with Gasteiger partial charge in [0.2, 0.25) is 0 Å². The number of hydrogen-bond donors (Lipinski definition) is 2. The summed E-state index contributed by atoms with van der Waals surface area (Å²) in [5.41, 5.74) is 3.98. The van der Waals surface area contributed by atoms with Crippen LogP contribution in [0.3, 0.4) is 0 Å².